The molecule has 0 atom stereocenters. The zero-order valence-electron chi connectivity index (χ0n) is 8.11. The normalized spacial score (nSPS) is 11.5. The van der Waals surface area contributed by atoms with Gasteiger partial charge in [-0.25, -0.2) is 0 Å². The summed E-state index contributed by atoms with van der Waals surface area (Å²) in [6.07, 6.45) is 10.9. The molecule has 0 N–H and O–H groups in total. The third-order valence-electron chi connectivity index (χ3n) is 1.85. The van der Waals surface area contributed by atoms with Crippen LogP contribution in [0.1, 0.15) is 25.3 Å². The first-order valence-corrected chi connectivity index (χ1v) is 4.76. The minimum atomic E-state index is 1.12. The highest BCUT2D eigenvalue weighted by atomic mass is 13.9. The van der Waals surface area contributed by atoms with Crippen molar-refractivity contribution in [3.8, 4) is 0 Å². The van der Waals surface area contributed by atoms with Crippen LogP contribution in [-0.2, 0) is 0 Å². The van der Waals surface area contributed by atoms with Gasteiger partial charge in [-0.05, 0) is 25.3 Å². The van der Waals surface area contributed by atoms with Crippen LogP contribution in [0.3, 0.4) is 0 Å². The van der Waals surface area contributed by atoms with Crippen molar-refractivity contribution in [3.63, 3.8) is 0 Å². The van der Waals surface area contributed by atoms with E-state index in [2.05, 4.69) is 55.5 Å². The van der Waals surface area contributed by atoms with Gasteiger partial charge in [-0.2, -0.15) is 0 Å². The Balaban J connectivity index is 2.32. The van der Waals surface area contributed by atoms with Gasteiger partial charge in [-0.15, -0.1) is 0 Å². The topological polar surface area (TPSA) is 0 Å². The minimum Gasteiger partial charge on any atom is -0.0917 e. The van der Waals surface area contributed by atoms with E-state index in [4.69, 9.17) is 0 Å². The van der Waals surface area contributed by atoms with E-state index < -0.39 is 0 Å². The van der Waals surface area contributed by atoms with Crippen LogP contribution in [0.4, 0.5) is 0 Å². The monoisotopic (exact) mass is 172 g/mol. The van der Waals surface area contributed by atoms with Crippen molar-refractivity contribution in [2.45, 2.75) is 19.8 Å². The Morgan fingerprint density at radius 2 is 1.69 bits per heavy atom. The first kappa shape index (κ1) is 9.79. The maximum absolute atomic E-state index is 2.22. The Bertz CT molecular complexity index is 267. The predicted octanol–water partition coefficient (Wildman–Crippen LogP) is 4.06. The molecule has 0 saturated carbocycles. The van der Waals surface area contributed by atoms with E-state index in [9.17, 15) is 0 Å². The zero-order valence-corrected chi connectivity index (χ0v) is 8.11. The van der Waals surface area contributed by atoms with Crippen molar-refractivity contribution in [2.24, 2.45) is 0 Å². The Kier molecular flexibility index (Phi) is 4.70. The first-order valence-electron chi connectivity index (χ1n) is 4.76. The summed E-state index contributed by atoms with van der Waals surface area (Å²) < 4.78 is 0. The molecule has 1 aromatic rings. The second kappa shape index (κ2) is 6.24. The molecule has 0 amide bonds. The smallest absolute Gasteiger partial charge is 0.0260 e. The quantitative estimate of drug-likeness (QED) is 0.474. The van der Waals surface area contributed by atoms with Crippen molar-refractivity contribution in [1.82, 2.24) is 0 Å². The van der Waals surface area contributed by atoms with Gasteiger partial charge in [0.1, 0.15) is 0 Å². The van der Waals surface area contributed by atoms with Gasteiger partial charge in [0.25, 0.3) is 0 Å². The molecule has 13 heavy (non-hydrogen) atoms. The fraction of sp³-hybridized carbons (Fsp3) is 0.231. The standard InChI is InChI=1S/C13H16/c1-2-3-4-5-7-10-13-11-8-6-9-12-13/h2-3,6-12H,4-5H2,1H3/b3-2-,10-7+. The molecule has 0 aliphatic rings. The maximum atomic E-state index is 2.22. The Morgan fingerprint density at radius 1 is 1.00 bits per heavy atom. The van der Waals surface area contributed by atoms with E-state index in [1.807, 2.05) is 6.07 Å². The third kappa shape index (κ3) is 4.32. The number of unbranched alkanes of at least 4 members (excludes halogenated alkanes) is 1. The van der Waals surface area contributed by atoms with Gasteiger partial charge in [0.05, 0.1) is 0 Å². The van der Waals surface area contributed by atoms with E-state index in [0.29, 0.717) is 0 Å². The highest BCUT2D eigenvalue weighted by Crippen LogP contribution is 2.02. The summed E-state index contributed by atoms with van der Waals surface area (Å²) >= 11 is 0. The van der Waals surface area contributed by atoms with Crippen LogP contribution in [-0.4, -0.2) is 0 Å². The van der Waals surface area contributed by atoms with E-state index in [1.54, 1.807) is 0 Å². The molecule has 0 heteroatoms. The fourth-order valence-electron chi connectivity index (χ4n) is 1.14. The van der Waals surface area contributed by atoms with Crippen LogP contribution in [0, 0.1) is 0 Å². The largest absolute Gasteiger partial charge is 0.0917 e. The van der Waals surface area contributed by atoms with Gasteiger partial charge in [-0.1, -0.05) is 54.6 Å². The van der Waals surface area contributed by atoms with Crippen molar-refractivity contribution >= 4 is 6.08 Å². The van der Waals surface area contributed by atoms with Crippen LogP contribution in [0.5, 0.6) is 0 Å². The summed E-state index contributed by atoms with van der Waals surface area (Å²) in [5.74, 6) is 0. The van der Waals surface area contributed by atoms with Gasteiger partial charge >= 0.3 is 0 Å². The Labute approximate surface area is 80.6 Å². The second-order valence-electron chi connectivity index (χ2n) is 2.96. The molecule has 1 aromatic carbocycles. The van der Waals surface area contributed by atoms with Crippen LogP contribution < -0.4 is 0 Å². The van der Waals surface area contributed by atoms with Crippen molar-refractivity contribution in [1.29, 1.82) is 0 Å². The summed E-state index contributed by atoms with van der Waals surface area (Å²) in [6.45, 7) is 2.06. The van der Waals surface area contributed by atoms with E-state index in [0.717, 1.165) is 12.8 Å². The molecule has 68 valence electrons. The Morgan fingerprint density at radius 3 is 2.38 bits per heavy atom. The second-order valence-corrected chi connectivity index (χ2v) is 2.96. The average molecular weight is 172 g/mol. The molecule has 0 heterocycles. The van der Waals surface area contributed by atoms with Crippen molar-refractivity contribution < 1.29 is 0 Å². The van der Waals surface area contributed by atoms with Gasteiger partial charge in [-0.3, -0.25) is 0 Å². The highest BCUT2D eigenvalue weighted by molar-refractivity contribution is 5.48. The zero-order chi connectivity index (χ0) is 9.36. The van der Waals surface area contributed by atoms with Crippen LogP contribution >= 0.6 is 0 Å². The molecule has 1 rings (SSSR count). The van der Waals surface area contributed by atoms with Gasteiger partial charge in [0.2, 0.25) is 0 Å². The summed E-state index contributed by atoms with van der Waals surface area (Å²) in [4.78, 5) is 0. The summed E-state index contributed by atoms with van der Waals surface area (Å²) in [6, 6.07) is 10.4. The summed E-state index contributed by atoms with van der Waals surface area (Å²) in [5, 5.41) is 0. The SMILES string of the molecule is C/C=C\CC/C=C/c1ccccc1. The van der Waals surface area contributed by atoms with Crippen LogP contribution in [0.25, 0.3) is 6.08 Å². The molecular formula is C13H16. The number of hydrogen-bond acceptors (Lipinski definition) is 0. The van der Waals surface area contributed by atoms with E-state index >= 15 is 0 Å². The molecule has 0 fully saturated rings. The molecular weight excluding hydrogens is 156 g/mol. The highest BCUT2D eigenvalue weighted by Gasteiger charge is 1.81. The number of hydrogen-bond donors (Lipinski definition) is 0. The summed E-state index contributed by atoms with van der Waals surface area (Å²) in [7, 11) is 0. The lowest BCUT2D eigenvalue weighted by Gasteiger charge is -1.90. The average Bonchev–Trinajstić information content (AvgIpc) is 2.19. The van der Waals surface area contributed by atoms with E-state index in [-0.39, 0.29) is 0 Å². The van der Waals surface area contributed by atoms with Crippen LogP contribution in [0.2, 0.25) is 0 Å². The molecule has 0 nitrogen and oxygen atoms in total. The lowest BCUT2D eigenvalue weighted by molar-refractivity contribution is 1.05. The lowest BCUT2D eigenvalue weighted by atomic mass is 10.2. The molecule has 0 aliphatic carbocycles. The minimum absolute atomic E-state index is 1.12. The maximum Gasteiger partial charge on any atom is -0.0260 e. The number of benzene rings is 1. The molecule has 0 aliphatic heterocycles. The molecule has 0 saturated heterocycles. The number of allylic oxidation sites excluding steroid dienone is 3. The Hall–Kier alpha value is -1.30. The van der Waals surface area contributed by atoms with Crippen molar-refractivity contribution in [2.75, 3.05) is 0 Å². The first-order chi connectivity index (χ1) is 6.43. The van der Waals surface area contributed by atoms with Gasteiger partial charge < -0.3 is 0 Å². The van der Waals surface area contributed by atoms with Crippen molar-refractivity contribution in [3.05, 3.63) is 54.1 Å². The molecule has 0 radical (unpaired) electrons. The van der Waals surface area contributed by atoms with E-state index in [1.165, 1.54) is 5.56 Å². The molecule has 0 aromatic heterocycles. The van der Waals surface area contributed by atoms with Gasteiger partial charge in [0, 0.05) is 0 Å². The van der Waals surface area contributed by atoms with Crippen LogP contribution in [0.15, 0.2) is 48.6 Å². The molecule has 0 bridgehead atoms. The molecule has 0 unspecified atom stereocenters. The third-order valence-corrected chi connectivity index (χ3v) is 1.85. The lowest BCUT2D eigenvalue weighted by Crippen LogP contribution is -1.69. The van der Waals surface area contributed by atoms with Gasteiger partial charge in [0.15, 0.2) is 0 Å². The fourth-order valence-corrected chi connectivity index (χ4v) is 1.14. The molecule has 0 spiro atoms. The predicted molar refractivity (Wildman–Crippen MR) is 59.5 cm³/mol. The number of rotatable bonds is 4. The summed E-state index contributed by atoms with van der Waals surface area (Å²) in [5.41, 5.74) is 1.28.